The molecule has 2 saturated heterocycles. The average Bonchev–Trinajstić information content (AvgIpc) is 3.74. The van der Waals surface area contributed by atoms with E-state index in [9.17, 15) is 5.11 Å². The molecule has 0 saturated carbocycles. The average molecular weight is 829 g/mol. The third kappa shape index (κ3) is 8.30. The van der Waals surface area contributed by atoms with Gasteiger partial charge in [0.05, 0.1) is 12.6 Å². The number of aromatic nitrogens is 1. The van der Waals surface area contributed by atoms with Gasteiger partial charge in [0, 0.05) is 58.1 Å². The number of likely N-dealkylation sites (tertiary alicyclic amines) is 2. The largest absolute Gasteiger partial charge is 0.481 e. The van der Waals surface area contributed by atoms with Crippen molar-refractivity contribution in [2.24, 2.45) is 0 Å². The molecule has 276 valence electrons. The predicted molar refractivity (Wildman–Crippen MR) is 232 cm³/mol. The summed E-state index contributed by atoms with van der Waals surface area (Å²) in [7, 11) is 1.66. The van der Waals surface area contributed by atoms with E-state index >= 15 is 0 Å². The summed E-state index contributed by atoms with van der Waals surface area (Å²) in [5.74, 6) is 0.0354. The molecule has 53 heavy (non-hydrogen) atoms. The molecule has 9 heteroatoms. The van der Waals surface area contributed by atoms with Gasteiger partial charge in [0.2, 0.25) is 5.88 Å². The Morgan fingerprint density at radius 1 is 0.811 bits per heavy atom. The van der Waals surface area contributed by atoms with Crippen molar-refractivity contribution < 1.29 is 9.84 Å². The first-order chi connectivity index (χ1) is 24.9. The second-order valence-corrected chi connectivity index (χ2v) is 15.7. The Morgan fingerprint density at radius 2 is 1.53 bits per heavy atom. The minimum atomic E-state index is -1.27. The summed E-state index contributed by atoms with van der Waals surface area (Å²) < 4.78 is 6.98. The maximum absolute atomic E-state index is 13.5. The van der Waals surface area contributed by atoms with Crippen molar-refractivity contribution in [1.29, 1.82) is 0 Å². The number of unbranched alkanes of at least 4 members (excludes halogenated alkanes) is 1. The van der Waals surface area contributed by atoms with Gasteiger partial charge in [-0.05, 0) is 102 Å². The number of rotatable bonds is 12. The van der Waals surface area contributed by atoms with Gasteiger partial charge in [-0.15, -0.1) is 0 Å². The number of methoxy groups -OCH3 is 1. The number of piperazine rings is 1. The highest BCUT2D eigenvalue weighted by Gasteiger charge is 2.44. The Hall–Kier alpha value is -3.08. The van der Waals surface area contributed by atoms with Crippen molar-refractivity contribution in [2.45, 2.75) is 55.8 Å². The van der Waals surface area contributed by atoms with E-state index in [2.05, 4.69) is 111 Å². The molecule has 0 radical (unpaired) electrons. The highest BCUT2D eigenvalue weighted by atomic mass is 79.9. The Kier molecular flexibility index (Phi) is 12.8. The summed E-state index contributed by atoms with van der Waals surface area (Å²) in [4.78, 5) is 10.3. The van der Waals surface area contributed by atoms with E-state index in [0.29, 0.717) is 29.4 Å². The van der Waals surface area contributed by atoms with Crippen LogP contribution >= 0.6 is 54.5 Å². The lowest BCUT2D eigenvalue weighted by molar-refractivity contribution is 0.00624. The molecule has 5 nitrogen and oxygen atoms in total. The topological polar surface area (TPSA) is 48.8 Å². The maximum atomic E-state index is 13.5. The second-order valence-electron chi connectivity index (χ2n) is 14.3. The number of aliphatic hydroxyl groups is 1. The fourth-order valence-electron chi connectivity index (χ4n) is 8.62. The van der Waals surface area contributed by atoms with Crippen LogP contribution in [0.3, 0.4) is 0 Å². The van der Waals surface area contributed by atoms with Gasteiger partial charge in [-0.1, -0.05) is 106 Å². The molecular formula is C44H47BrClN3O2S2. The van der Waals surface area contributed by atoms with Crippen LogP contribution in [0, 0.1) is 0 Å². The standard InChI is InChI=1S/C44H43BrClN3O2.2H2S/c1-51-43-40(25-34-24-36(45)17-20-41(34)47-43)42(32-14-18-37(46)19-15-32)44(50,35-16-13-31-11-5-6-12-33(31)23-35)21-7-8-22-48-28-39-26-38(48)29-49(39)27-30-9-3-2-4-10-30;;/h2-6,9-20,23-25,38-39,42,50H,7-8,21-22,26-29H2,1H3;2*1H2. The fourth-order valence-corrected chi connectivity index (χ4v) is 9.13. The van der Waals surface area contributed by atoms with Gasteiger partial charge in [-0.3, -0.25) is 9.80 Å². The first-order valence-corrected chi connectivity index (χ1v) is 19.2. The lowest BCUT2D eigenvalue weighted by Gasteiger charge is -2.39. The lowest BCUT2D eigenvalue weighted by atomic mass is 9.71. The van der Waals surface area contributed by atoms with Gasteiger partial charge in [0.1, 0.15) is 5.60 Å². The molecule has 6 aromatic rings. The Balaban J connectivity index is 0.00000240. The zero-order valence-electron chi connectivity index (χ0n) is 29.9. The molecule has 2 aliphatic heterocycles. The van der Waals surface area contributed by atoms with Crippen LogP contribution in [0.2, 0.25) is 5.02 Å². The Bertz CT molecular complexity index is 2160. The van der Waals surface area contributed by atoms with Crippen molar-refractivity contribution in [2.75, 3.05) is 26.7 Å². The summed E-state index contributed by atoms with van der Waals surface area (Å²) >= 11 is 10.1. The number of fused-ring (bicyclic) bond motifs is 4. The van der Waals surface area contributed by atoms with Crippen molar-refractivity contribution in [3.05, 3.63) is 153 Å². The van der Waals surface area contributed by atoms with Crippen LogP contribution < -0.4 is 4.74 Å². The molecule has 3 heterocycles. The van der Waals surface area contributed by atoms with Crippen LogP contribution in [0.25, 0.3) is 21.7 Å². The van der Waals surface area contributed by atoms with E-state index in [1.165, 1.54) is 12.0 Å². The van der Waals surface area contributed by atoms with Crippen molar-refractivity contribution in [1.82, 2.24) is 14.8 Å². The molecule has 2 fully saturated rings. The zero-order valence-corrected chi connectivity index (χ0v) is 34.2. The third-order valence-corrected chi connectivity index (χ3v) is 11.9. The fraction of sp³-hybridized carbons (Fsp3) is 0.295. The molecule has 8 rings (SSSR count). The second kappa shape index (κ2) is 17.2. The first kappa shape index (κ1) is 39.6. The van der Waals surface area contributed by atoms with Crippen LogP contribution in [0.15, 0.2) is 126 Å². The van der Waals surface area contributed by atoms with Crippen LogP contribution in [0.5, 0.6) is 5.88 Å². The summed E-state index contributed by atoms with van der Waals surface area (Å²) in [5, 5.41) is 17.3. The molecule has 0 spiro atoms. The van der Waals surface area contributed by atoms with Crippen LogP contribution in [-0.4, -0.2) is 58.7 Å². The number of halogens is 2. The van der Waals surface area contributed by atoms with Crippen molar-refractivity contribution in [3.8, 4) is 5.88 Å². The molecule has 4 atom stereocenters. The molecule has 2 bridgehead atoms. The zero-order chi connectivity index (χ0) is 35.0. The molecule has 0 amide bonds. The minimum Gasteiger partial charge on any atom is -0.481 e. The molecule has 4 unspecified atom stereocenters. The highest BCUT2D eigenvalue weighted by Crippen LogP contribution is 2.49. The molecule has 1 aromatic heterocycles. The summed E-state index contributed by atoms with van der Waals surface area (Å²) in [6.07, 6.45) is 3.69. The molecular weight excluding hydrogens is 782 g/mol. The minimum absolute atomic E-state index is 0. The monoisotopic (exact) mass is 827 g/mol. The molecule has 2 aliphatic rings. The smallest absolute Gasteiger partial charge is 0.217 e. The molecule has 0 aliphatic carbocycles. The van der Waals surface area contributed by atoms with E-state index < -0.39 is 11.5 Å². The molecule has 1 N–H and O–H groups in total. The van der Waals surface area contributed by atoms with Gasteiger partial charge in [-0.2, -0.15) is 27.0 Å². The Morgan fingerprint density at radius 3 is 2.26 bits per heavy atom. The van der Waals surface area contributed by atoms with Crippen LogP contribution in [0.1, 0.15) is 53.9 Å². The SMILES string of the molecule is COc1nc2ccc(Br)cc2cc1C(c1ccc(Cl)cc1)C(O)(CCCCN1CC2CC1CN2Cc1ccccc1)c1ccc2ccccc2c1.S.S. The van der Waals surface area contributed by atoms with Gasteiger partial charge in [-0.25, -0.2) is 4.98 Å². The van der Waals surface area contributed by atoms with Gasteiger partial charge < -0.3 is 9.84 Å². The quantitative estimate of drug-likeness (QED) is 0.125. The highest BCUT2D eigenvalue weighted by molar-refractivity contribution is 9.10. The predicted octanol–water partition coefficient (Wildman–Crippen LogP) is 10.2. The van der Waals surface area contributed by atoms with Gasteiger partial charge in [0.15, 0.2) is 0 Å². The van der Waals surface area contributed by atoms with E-state index in [0.717, 1.165) is 81.9 Å². The number of ether oxygens (including phenoxy) is 1. The summed E-state index contributed by atoms with van der Waals surface area (Å²) in [6, 6.07) is 42.9. The van der Waals surface area contributed by atoms with E-state index in [1.54, 1.807) is 7.11 Å². The van der Waals surface area contributed by atoms with Gasteiger partial charge in [0.25, 0.3) is 0 Å². The first-order valence-electron chi connectivity index (χ1n) is 18.0. The van der Waals surface area contributed by atoms with E-state index in [-0.39, 0.29) is 27.0 Å². The number of pyridine rings is 1. The number of hydrogen-bond donors (Lipinski definition) is 1. The van der Waals surface area contributed by atoms with E-state index in [1.807, 2.05) is 36.4 Å². The molecule has 5 aromatic carbocycles. The van der Waals surface area contributed by atoms with E-state index in [4.69, 9.17) is 21.3 Å². The Labute approximate surface area is 340 Å². The number of hydrogen-bond acceptors (Lipinski definition) is 5. The number of nitrogens with zero attached hydrogens (tertiary/aromatic N) is 3. The summed E-state index contributed by atoms with van der Waals surface area (Å²) in [6.45, 7) is 4.32. The van der Waals surface area contributed by atoms with Crippen LogP contribution in [0.4, 0.5) is 0 Å². The normalized spacial score (nSPS) is 18.7. The third-order valence-electron chi connectivity index (χ3n) is 11.2. The van der Waals surface area contributed by atoms with Crippen LogP contribution in [-0.2, 0) is 12.1 Å². The summed E-state index contributed by atoms with van der Waals surface area (Å²) in [5.41, 5.74) is 3.64. The van der Waals surface area contributed by atoms with Crippen molar-refractivity contribution >= 4 is 76.2 Å². The lowest BCUT2D eigenvalue weighted by Crippen LogP contribution is -2.46. The maximum Gasteiger partial charge on any atom is 0.217 e. The van der Waals surface area contributed by atoms with Crippen molar-refractivity contribution in [3.63, 3.8) is 0 Å². The van der Waals surface area contributed by atoms with Gasteiger partial charge >= 0.3 is 0 Å². The number of benzene rings is 5.